The van der Waals surface area contributed by atoms with E-state index in [0.717, 1.165) is 22.4 Å². The number of hydrogen-bond donors (Lipinski definition) is 0. The summed E-state index contributed by atoms with van der Waals surface area (Å²) in [5.74, 6) is 2.25. The first kappa shape index (κ1) is 18.3. The standard InChI is InChI=1S/C23H28O4/c1-13(2)19-11-20-18(10-23(25)27-21(20)6-14(19)3)12-26-22(24)9-17-8-15-4-5-16(17)7-15/h6,10-11,13,15-17H,4-5,7-9,12H2,1-3H3/t15-,16-,17-/m0/s1. The van der Waals surface area contributed by atoms with E-state index in [-0.39, 0.29) is 12.6 Å². The maximum Gasteiger partial charge on any atom is 0.336 e. The van der Waals surface area contributed by atoms with Gasteiger partial charge in [-0.05, 0) is 73.1 Å². The number of fused-ring (bicyclic) bond motifs is 3. The zero-order chi connectivity index (χ0) is 19.1. The Morgan fingerprint density at radius 2 is 2.04 bits per heavy atom. The minimum Gasteiger partial charge on any atom is -0.461 e. The molecule has 144 valence electrons. The van der Waals surface area contributed by atoms with Gasteiger partial charge in [0.1, 0.15) is 12.2 Å². The van der Waals surface area contributed by atoms with Gasteiger partial charge >= 0.3 is 11.6 Å². The number of carbonyl (C=O) groups is 1. The van der Waals surface area contributed by atoms with Crippen LogP contribution in [0.4, 0.5) is 0 Å². The van der Waals surface area contributed by atoms with Crippen molar-refractivity contribution in [2.24, 2.45) is 17.8 Å². The lowest BCUT2D eigenvalue weighted by molar-refractivity contribution is -0.146. The van der Waals surface area contributed by atoms with Crippen LogP contribution in [0.1, 0.15) is 68.6 Å². The van der Waals surface area contributed by atoms with Gasteiger partial charge in [-0.1, -0.05) is 20.3 Å². The molecule has 0 aliphatic heterocycles. The van der Waals surface area contributed by atoms with Gasteiger partial charge in [0.2, 0.25) is 0 Å². The van der Waals surface area contributed by atoms with Crippen molar-refractivity contribution in [3.63, 3.8) is 0 Å². The summed E-state index contributed by atoms with van der Waals surface area (Å²) in [6.07, 6.45) is 5.58. The Kier molecular flexibility index (Phi) is 4.83. The molecule has 0 radical (unpaired) electrons. The molecule has 0 amide bonds. The van der Waals surface area contributed by atoms with E-state index in [1.165, 1.54) is 37.3 Å². The zero-order valence-electron chi connectivity index (χ0n) is 16.4. The summed E-state index contributed by atoms with van der Waals surface area (Å²) in [6, 6.07) is 5.43. The van der Waals surface area contributed by atoms with Crippen molar-refractivity contribution >= 4 is 16.9 Å². The van der Waals surface area contributed by atoms with Gasteiger partial charge in [0, 0.05) is 23.4 Å². The first-order chi connectivity index (χ1) is 12.9. The maximum absolute atomic E-state index is 12.4. The highest BCUT2D eigenvalue weighted by molar-refractivity contribution is 5.82. The van der Waals surface area contributed by atoms with Crippen molar-refractivity contribution in [1.29, 1.82) is 0 Å². The van der Waals surface area contributed by atoms with E-state index in [1.807, 2.05) is 13.0 Å². The first-order valence-electron chi connectivity index (χ1n) is 10.1. The number of hydrogen-bond acceptors (Lipinski definition) is 4. The summed E-state index contributed by atoms with van der Waals surface area (Å²) in [7, 11) is 0. The number of carbonyl (C=O) groups excluding carboxylic acids is 1. The Morgan fingerprint density at radius 3 is 2.70 bits per heavy atom. The molecule has 2 bridgehead atoms. The monoisotopic (exact) mass is 368 g/mol. The molecule has 0 saturated heterocycles. The topological polar surface area (TPSA) is 56.5 Å². The average molecular weight is 368 g/mol. The Bertz CT molecular complexity index is 924. The van der Waals surface area contributed by atoms with Gasteiger partial charge in [0.15, 0.2) is 0 Å². The SMILES string of the molecule is Cc1cc2oc(=O)cc(COC(=O)C[C@@H]3C[C@H]4CC[C@H]3C4)c2cc1C(C)C. The summed E-state index contributed by atoms with van der Waals surface area (Å²) >= 11 is 0. The highest BCUT2D eigenvalue weighted by Crippen LogP contribution is 2.49. The molecule has 0 spiro atoms. The molecule has 2 aliphatic carbocycles. The van der Waals surface area contributed by atoms with Crippen molar-refractivity contribution in [2.75, 3.05) is 0 Å². The van der Waals surface area contributed by atoms with Crippen LogP contribution >= 0.6 is 0 Å². The van der Waals surface area contributed by atoms with Gasteiger partial charge in [-0.15, -0.1) is 0 Å². The fourth-order valence-electron chi connectivity index (χ4n) is 5.19. The lowest BCUT2D eigenvalue weighted by Crippen LogP contribution is -2.17. The number of rotatable bonds is 5. The lowest BCUT2D eigenvalue weighted by atomic mass is 9.86. The van der Waals surface area contributed by atoms with Crippen LogP contribution in [0.3, 0.4) is 0 Å². The summed E-state index contributed by atoms with van der Waals surface area (Å²) < 4.78 is 10.9. The molecule has 1 heterocycles. The Morgan fingerprint density at radius 1 is 1.22 bits per heavy atom. The minimum absolute atomic E-state index is 0.127. The lowest BCUT2D eigenvalue weighted by Gasteiger charge is -2.20. The van der Waals surface area contributed by atoms with Gasteiger partial charge in [-0.3, -0.25) is 4.79 Å². The molecular weight excluding hydrogens is 340 g/mol. The van der Waals surface area contributed by atoms with E-state index < -0.39 is 5.63 Å². The molecule has 27 heavy (non-hydrogen) atoms. The minimum atomic E-state index is -0.404. The maximum atomic E-state index is 12.4. The quantitative estimate of drug-likeness (QED) is 0.544. The largest absolute Gasteiger partial charge is 0.461 e. The molecule has 4 nitrogen and oxygen atoms in total. The third-order valence-electron chi connectivity index (χ3n) is 6.54. The third-order valence-corrected chi connectivity index (χ3v) is 6.54. The molecule has 2 fully saturated rings. The molecule has 0 unspecified atom stereocenters. The number of benzene rings is 1. The Hall–Kier alpha value is -2.10. The molecule has 2 aromatic rings. The van der Waals surface area contributed by atoms with Gasteiger partial charge in [0.05, 0.1) is 0 Å². The molecular formula is C23H28O4. The molecule has 3 atom stereocenters. The second-order valence-corrected chi connectivity index (χ2v) is 8.75. The van der Waals surface area contributed by atoms with E-state index in [4.69, 9.17) is 9.15 Å². The predicted molar refractivity (Wildman–Crippen MR) is 105 cm³/mol. The summed E-state index contributed by atoms with van der Waals surface area (Å²) in [5.41, 5.74) is 3.20. The Balaban J connectivity index is 1.51. The van der Waals surface area contributed by atoms with E-state index in [2.05, 4.69) is 19.9 Å². The van der Waals surface area contributed by atoms with Crippen LogP contribution in [0.15, 0.2) is 27.4 Å². The van der Waals surface area contributed by atoms with Gasteiger partial charge in [0.25, 0.3) is 0 Å². The fraction of sp³-hybridized carbons (Fsp3) is 0.565. The van der Waals surface area contributed by atoms with E-state index >= 15 is 0 Å². The fourth-order valence-corrected chi connectivity index (χ4v) is 5.19. The molecule has 4 rings (SSSR count). The van der Waals surface area contributed by atoms with E-state index in [9.17, 15) is 9.59 Å². The molecule has 4 heteroatoms. The van der Waals surface area contributed by atoms with Crippen LogP contribution in [0.2, 0.25) is 0 Å². The normalized spacial score (nSPS) is 24.1. The Labute approximate surface area is 159 Å². The van der Waals surface area contributed by atoms with E-state index in [0.29, 0.717) is 29.8 Å². The van der Waals surface area contributed by atoms with Crippen molar-refractivity contribution < 1.29 is 13.9 Å². The van der Waals surface area contributed by atoms with Crippen LogP contribution in [0, 0.1) is 24.7 Å². The van der Waals surface area contributed by atoms with Crippen molar-refractivity contribution in [3.8, 4) is 0 Å². The molecule has 2 saturated carbocycles. The second kappa shape index (κ2) is 7.14. The highest BCUT2D eigenvalue weighted by Gasteiger charge is 2.40. The van der Waals surface area contributed by atoms with Crippen LogP contribution in [0.25, 0.3) is 11.0 Å². The first-order valence-corrected chi connectivity index (χ1v) is 10.1. The second-order valence-electron chi connectivity index (χ2n) is 8.75. The number of ether oxygens (including phenoxy) is 1. The van der Waals surface area contributed by atoms with Crippen molar-refractivity contribution in [2.45, 2.75) is 65.4 Å². The number of aryl methyl sites for hydroxylation is 1. The third kappa shape index (κ3) is 3.67. The van der Waals surface area contributed by atoms with Crippen molar-refractivity contribution in [1.82, 2.24) is 0 Å². The van der Waals surface area contributed by atoms with E-state index in [1.54, 1.807) is 0 Å². The summed E-state index contributed by atoms with van der Waals surface area (Å²) in [5, 5.41) is 0.858. The molecule has 0 N–H and O–H groups in total. The smallest absolute Gasteiger partial charge is 0.336 e. The zero-order valence-corrected chi connectivity index (χ0v) is 16.4. The van der Waals surface area contributed by atoms with Crippen molar-refractivity contribution in [3.05, 3.63) is 45.3 Å². The molecule has 2 aliphatic rings. The number of esters is 1. The predicted octanol–water partition coefficient (Wildman–Crippen LogP) is 5.09. The molecule has 1 aromatic carbocycles. The van der Waals surface area contributed by atoms with Crippen LogP contribution in [0.5, 0.6) is 0 Å². The van der Waals surface area contributed by atoms with Gasteiger partial charge in [-0.2, -0.15) is 0 Å². The van der Waals surface area contributed by atoms with Crippen LogP contribution in [-0.4, -0.2) is 5.97 Å². The summed E-state index contributed by atoms with van der Waals surface area (Å²) in [6.45, 7) is 6.43. The average Bonchev–Trinajstić information content (AvgIpc) is 3.21. The molecule has 1 aromatic heterocycles. The van der Waals surface area contributed by atoms with Crippen LogP contribution < -0.4 is 5.63 Å². The van der Waals surface area contributed by atoms with Crippen LogP contribution in [-0.2, 0) is 16.1 Å². The highest BCUT2D eigenvalue weighted by atomic mass is 16.5. The van der Waals surface area contributed by atoms with Gasteiger partial charge in [-0.25, -0.2) is 4.79 Å². The summed E-state index contributed by atoms with van der Waals surface area (Å²) in [4.78, 5) is 24.3. The van der Waals surface area contributed by atoms with Gasteiger partial charge < -0.3 is 9.15 Å².